The zero-order chi connectivity index (χ0) is 30.4. The maximum absolute atomic E-state index is 9.79. The standard InChI is InChI=1S/C33H36N8O4/c1-42-31-5-2-23(11-36-31)14-40-26-8-27(40)16-39(15-26)30-4-3-24(12-35-30)29-9-28(17-41-32(29)25(10-34)13-37-41)45-7-6-38-18-33(19-38)20-43-22-44-21-33/h2-5,9,11-13,17,26-27H,6-8,14-16,18-22H2,1H3. The highest BCUT2D eigenvalue weighted by Crippen LogP contribution is 2.37. The van der Waals surface area contributed by atoms with Crippen LogP contribution in [-0.2, 0) is 16.0 Å². The molecule has 4 aromatic rings. The number of nitrogens with zero attached hydrogens (tertiary/aromatic N) is 8. The Morgan fingerprint density at radius 3 is 2.60 bits per heavy atom. The quantitative estimate of drug-likeness (QED) is 0.280. The van der Waals surface area contributed by atoms with E-state index in [1.807, 2.05) is 30.7 Å². The molecule has 4 aromatic heterocycles. The lowest BCUT2D eigenvalue weighted by Crippen LogP contribution is -2.68. The number of ether oxygens (including phenoxy) is 4. The Morgan fingerprint density at radius 1 is 1.04 bits per heavy atom. The number of piperazine rings is 1. The number of piperidine rings is 1. The molecule has 12 nitrogen and oxygen atoms in total. The lowest BCUT2D eigenvalue weighted by molar-refractivity contribution is -0.206. The Kier molecular flexibility index (Phi) is 7.26. The zero-order valence-electron chi connectivity index (χ0n) is 25.3. The van der Waals surface area contributed by atoms with Gasteiger partial charge in [0.05, 0.1) is 43.8 Å². The minimum Gasteiger partial charge on any atom is -0.491 e. The van der Waals surface area contributed by atoms with Crippen molar-refractivity contribution in [2.24, 2.45) is 5.41 Å². The maximum atomic E-state index is 9.79. The first-order chi connectivity index (χ1) is 22.1. The largest absolute Gasteiger partial charge is 0.491 e. The van der Waals surface area contributed by atoms with Crippen LogP contribution in [0.2, 0.25) is 0 Å². The van der Waals surface area contributed by atoms with Crippen LogP contribution in [0, 0.1) is 16.7 Å². The number of anilines is 1. The van der Waals surface area contributed by atoms with Crippen molar-refractivity contribution in [2.45, 2.75) is 25.0 Å². The molecule has 0 N–H and O–H groups in total. The molecule has 0 aromatic carbocycles. The minimum absolute atomic E-state index is 0.134. The molecule has 2 atom stereocenters. The first-order valence-corrected chi connectivity index (χ1v) is 15.5. The van der Waals surface area contributed by atoms with Gasteiger partial charge in [0, 0.05) is 86.4 Å². The molecule has 9 rings (SSSR count). The van der Waals surface area contributed by atoms with Crippen LogP contribution in [0.4, 0.5) is 5.82 Å². The van der Waals surface area contributed by atoms with Gasteiger partial charge in [0.1, 0.15) is 31.0 Å². The second kappa shape index (κ2) is 11.6. The molecule has 45 heavy (non-hydrogen) atoms. The summed E-state index contributed by atoms with van der Waals surface area (Å²) in [6, 6.07) is 13.5. The number of nitriles is 1. The van der Waals surface area contributed by atoms with E-state index in [1.165, 1.54) is 12.0 Å². The summed E-state index contributed by atoms with van der Waals surface area (Å²) < 4.78 is 24.2. The van der Waals surface area contributed by atoms with E-state index in [4.69, 9.17) is 23.9 Å². The van der Waals surface area contributed by atoms with E-state index in [-0.39, 0.29) is 5.41 Å². The number of aromatic nitrogens is 4. The highest BCUT2D eigenvalue weighted by atomic mass is 16.7. The molecule has 0 aliphatic carbocycles. The Labute approximate surface area is 261 Å². The van der Waals surface area contributed by atoms with Crippen LogP contribution < -0.4 is 14.4 Å². The number of hydrogen-bond donors (Lipinski definition) is 0. The fourth-order valence-electron chi connectivity index (χ4n) is 7.33. The number of fused-ring (bicyclic) bond motifs is 3. The third-order valence-corrected chi connectivity index (χ3v) is 9.58. The molecule has 0 amide bonds. The van der Waals surface area contributed by atoms with E-state index in [0.717, 1.165) is 74.9 Å². The number of likely N-dealkylation sites (tertiary alicyclic amines) is 1. The maximum Gasteiger partial charge on any atom is 0.212 e. The van der Waals surface area contributed by atoms with Crippen molar-refractivity contribution < 1.29 is 18.9 Å². The summed E-state index contributed by atoms with van der Waals surface area (Å²) in [7, 11) is 1.64. The van der Waals surface area contributed by atoms with Crippen LogP contribution >= 0.6 is 0 Å². The fraction of sp³-hybridized carbons (Fsp3) is 0.455. The van der Waals surface area contributed by atoms with Crippen molar-refractivity contribution >= 4 is 11.3 Å². The lowest BCUT2D eigenvalue weighted by atomic mass is 9.81. The molecule has 2 unspecified atom stereocenters. The Bertz CT molecular complexity index is 1690. The summed E-state index contributed by atoms with van der Waals surface area (Å²) in [5, 5.41) is 14.2. The summed E-state index contributed by atoms with van der Waals surface area (Å²) >= 11 is 0. The van der Waals surface area contributed by atoms with Gasteiger partial charge in [0.15, 0.2) is 0 Å². The van der Waals surface area contributed by atoms with Gasteiger partial charge in [-0.15, -0.1) is 0 Å². The number of pyridine rings is 3. The molecule has 5 aliphatic rings. The van der Waals surface area contributed by atoms with Crippen molar-refractivity contribution in [3.05, 3.63) is 66.2 Å². The van der Waals surface area contributed by atoms with Crippen LogP contribution in [0.15, 0.2) is 55.1 Å². The van der Waals surface area contributed by atoms with E-state index < -0.39 is 0 Å². The average Bonchev–Trinajstić information content (AvgIpc) is 3.50. The van der Waals surface area contributed by atoms with Crippen LogP contribution in [0.5, 0.6) is 11.6 Å². The van der Waals surface area contributed by atoms with Gasteiger partial charge in [-0.3, -0.25) is 9.80 Å². The Hall–Kier alpha value is -4.28. The molecule has 5 aliphatic heterocycles. The van der Waals surface area contributed by atoms with Crippen LogP contribution in [0.3, 0.4) is 0 Å². The number of rotatable bonds is 9. The molecular weight excluding hydrogens is 572 g/mol. The van der Waals surface area contributed by atoms with Crippen LogP contribution in [0.1, 0.15) is 17.5 Å². The van der Waals surface area contributed by atoms with E-state index in [2.05, 4.69) is 49.1 Å². The summed E-state index contributed by atoms with van der Waals surface area (Å²) in [5.74, 6) is 2.32. The first kappa shape index (κ1) is 28.2. The van der Waals surface area contributed by atoms with Crippen LogP contribution in [-0.4, -0.2) is 108 Å². The highest BCUT2D eigenvalue weighted by molar-refractivity contribution is 5.85. The lowest BCUT2D eigenvalue weighted by Gasteiger charge is -2.56. The van der Waals surface area contributed by atoms with Crippen LogP contribution in [0.25, 0.3) is 16.6 Å². The number of methoxy groups -OCH3 is 1. The van der Waals surface area contributed by atoms with Crippen molar-refractivity contribution in [3.8, 4) is 28.8 Å². The molecule has 0 saturated carbocycles. The normalized spacial score (nSPS) is 22.5. The molecule has 5 fully saturated rings. The molecule has 1 spiro atoms. The SMILES string of the molecule is COc1ccc(CN2C3CC2CN(c2ccc(-c4cc(OCCN5CC6(COCOC6)C5)cn5ncc(C#N)c45)cn2)C3)cn1. The van der Waals surface area contributed by atoms with Gasteiger partial charge < -0.3 is 23.8 Å². The first-order valence-electron chi connectivity index (χ1n) is 15.5. The van der Waals surface area contributed by atoms with Crippen molar-refractivity contribution in [1.82, 2.24) is 29.4 Å². The van der Waals surface area contributed by atoms with E-state index in [0.29, 0.717) is 42.7 Å². The molecule has 2 bridgehead atoms. The number of hydrogen-bond acceptors (Lipinski definition) is 11. The molecule has 5 saturated heterocycles. The molecular formula is C33H36N8O4. The summed E-state index contributed by atoms with van der Waals surface area (Å²) in [6.45, 7) is 8.00. The average molecular weight is 609 g/mol. The predicted octanol–water partition coefficient (Wildman–Crippen LogP) is 2.82. The Morgan fingerprint density at radius 2 is 1.89 bits per heavy atom. The van der Waals surface area contributed by atoms with Crippen molar-refractivity contribution in [2.75, 3.05) is 71.3 Å². The van der Waals surface area contributed by atoms with Gasteiger partial charge >= 0.3 is 0 Å². The second-order valence-corrected chi connectivity index (χ2v) is 12.7. The summed E-state index contributed by atoms with van der Waals surface area (Å²) in [5.41, 5.74) is 4.41. The van der Waals surface area contributed by atoms with Crippen molar-refractivity contribution in [3.63, 3.8) is 0 Å². The van der Waals surface area contributed by atoms with Gasteiger partial charge in [-0.05, 0) is 30.2 Å². The fourth-order valence-corrected chi connectivity index (χ4v) is 7.33. The smallest absolute Gasteiger partial charge is 0.212 e. The molecule has 9 heterocycles. The molecule has 0 radical (unpaired) electrons. The topological polar surface area (TPSA) is 114 Å². The predicted molar refractivity (Wildman–Crippen MR) is 165 cm³/mol. The van der Waals surface area contributed by atoms with Gasteiger partial charge in [0.2, 0.25) is 5.88 Å². The van der Waals surface area contributed by atoms with E-state index >= 15 is 0 Å². The van der Waals surface area contributed by atoms with Gasteiger partial charge in [-0.2, -0.15) is 10.4 Å². The van der Waals surface area contributed by atoms with Gasteiger partial charge in [-0.25, -0.2) is 14.5 Å². The van der Waals surface area contributed by atoms with E-state index in [1.54, 1.807) is 17.8 Å². The Balaban J connectivity index is 0.933. The minimum atomic E-state index is 0.134. The summed E-state index contributed by atoms with van der Waals surface area (Å²) in [6.07, 6.45) is 8.46. The van der Waals surface area contributed by atoms with E-state index in [9.17, 15) is 5.26 Å². The van der Waals surface area contributed by atoms with Crippen molar-refractivity contribution in [1.29, 1.82) is 5.26 Å². The molecule has 232 valence electrons. The molecule has 12 heteroatoms. The third-order valence-electron chi connectivity index (χ3n) is 9.58. The monoisotopic (exact) mass is 608 g/mol. The second-order valence-electron chi connectivity index (χ2n) is 12.7. The van der Waals surface area contributed by atoms with Gasteiger partial charge in [-0.1, -0.05) is 6.07 Å². The van der Waals surface area contributed by atoms with Gasteiger partial charge in [0.25, 0.3) is 0 Å². The highest BCUT2D eigenvalue weighted by Gasteiger charge is 2.45. The third kappa shape index (κ3) is 5.36. The summed E-state index contributed by atoms with van der Waals surface area (Å²) in [4.78, 5) is 16.6. The zero-order valence-corrected chi connectivity index (χ0v) is 25.3.